The van der Waals surface area contributed by atoms with E-state index in [9.17, 15) is 14.4 Å². The number of carbonyl (C=O) groups excluding carboxylic acids is 3. The number of anilines is 2. The van der Waals surface area contributed by atoms with Gasteiger partial charge in [-0.1, -0.05) is 69.3 Å². The summed E-state index contributed by atoms with van der Waals surface area (Å²) in [4.78, 5) is 37.2. The molecular formula is C38H54N6O3. The minimum Gasteiger partial charge on any atom is -0.397 e. The molecule has 9 nitrogen and oxygen atoms in total. The molecule has 3 amide bonds. The number of para-hydroxylation sites is 2. The molecule has 3 rings (SSSR count). The van der Waals surface area contributed by atoms with E-state index in [0.29, 0.717) is 23.5 Å². The minimum absolute atomic E-state index is 0.0934. The number of amides is 3. The van der Waals surface area contributed by atoms with Crippen LogP contribution in [0.15, 0.2) is 72.8 Å². The number of rotatable bonds is 20. The summed E-state index contributed by atoms with van der Waals surface area (Å²) in [6, 6.07) is 22.5. The summed E-state index contributed by atoms with van der Waals surface area (Å²) in [6.45, 7) is 11.0. The standard InChI is InChI=1S/C38H54N6O3/c1-38(2,3)32-21-17-29(18-22-32)27-41-24-9-8-23-40-25-10-26-42-35(45)13-6-7-14-36(46)43-28-30-15-19-31(20-16-30)37(47)44-34-12-5-4-11-33(34)39/h4-5,11-12,15-22,40-41H,6-10,13-14,23-28,39H2,1-3H3,(H,42,45)(H,43,46)(H,44,47)/i7T,14T. The van der Waals surface area contributed by atoms with Gasteiger partial charge in [0, 0.05) is 40.8 Å². The van der Waals surface area contributed by atoms with Gasteiger partial charge in [0.1, 0.15) is 0 Å². The molecule has 9 heteroatoms. The molecule has 0 aliphatic heterocycles. The SMILES string of the molecule is [3H]C(CCC(=O)NCCCNCCCCNCc1ccc(C(C)(C)C)cc1)C([3H])C(=O)NCc1ccc(C(=O)Nc2ccccc2N)cc1. The third kappa shape index (κ3) is 14.8. The number of benzene rings is 3. The van der Waals surface area contributed by atoms with E-state index in [1.54, 1.807) is 48.5 Å². The van der Waals surface area contributed by atoms with Crippen molar-refractivity contribution < 1.29 is 17.1 Å². The zero-order valence-electron chi connectivity index (χ0n) is 30.2. The molecule has 0 bridgehead atoms. The van der Waals surface area contributed by atoms with Crippen LogP contribution in [-0.4, -0.2) is 43.9 Å². The van der Waals surface area contributed by atoms with Crippen LogP contribution >= 0.6 is 0 Å². The Kier molecular flexibility index (Phi) is 14.6. The monoisotopic (exact) mass is 646 g/mol. The summed E-state index contributed by atoms with van der Waals surface area (Å²) in [6.07, 6.45) is 0.850. The van der Waals surface area contributed by atoms with Crippen LogP contribution in [0.1, 0.15) is 95.5 Å². The van der Waals surface area contributed by atoms with Crippen molar-refractivity contribution in [3.63, 3.8) is 0 Å². The predicted molar refractivity (Wildman–Crippen MR) is 192 cm³/mol. The Morgan fingerprint density at radius 1 is 0.702 bits per heavy atom. The average molecular weight is 647 g/mol. The summed E-state index contributed by atoms with van der Waals surface area (Å²) < 4.78 is 16.3. The number of unbranched alkanes of at least 4 members (excludes halogenated alkanes) is 1. The van der Waals surface area contributed by atoms with Crippen molar-refractivity contribution in [2.24, 2.45) is 0 Å². The lowest BCUT2D eigenvalue weighted by Gasteiger charge is -2.19. The highest BCUT2D eigenvalue weighted by atomic mass is 16.2. The fraction of sp³-hybridized carbons (Fsp3) is 0.447. The Balaban J connectivity index is 1.18. The number of nitrogens with two attached hydrogens (primary N) is 1. The van der Waals surface area contributed by atoms with Gasteiger partial charge in [-0.2, -0.15) is 0 Å². The molecule has 0 fully saturated rings. The van der Waals surface area contributed by atoms with Gasteiger partial charge in [-0.3, -0.25) is 14.4 Å². The highest BCUT2D eigenvalue weighted by Gasteiger charge is 2.13. The van der Waals surface area contributed by atoms with Crippen molar-refractivity contribution in [2.75, 3.05) is 37.2 Å². The Bertz CT molecular complexity index is 1460. The average Bonchev–Trinajstić information content (AvgIpc) is 3.09. The highest BCUT2D eigenvalue weighted by molar-refractivity contribution is 6.05. The third-order valence-corrected chi connectivity index (χ3v) is 7.66. The maximum Gasteiger partial charge on any atom is 0.255 e. The number of hydrogen-bond acceptors (Lipinski definition) is 6. The van der Waals surface area contributed by atoms with Gasteiger partial charge in [0.05, 0.1) is 11.4 Å². The van der Waals surface area contributed by atoms with Crippen molar-refractivity contribution in [1.29, 1.82) is 0 Å². The first-order valence-electron chi connectivity index (χ1n) is 17.7. The second-order valence-electron chi connectivity index (χ2n) is 12.7. The first-order chi connectivity index (χ1) is 23.4. The molecule has 0 aliphatic carbocycles. The Morgan fingerprint density at radius 3 is 2.04 bits per heavy atom. The van der Waals surface area contributed by atoms with E-state index in [1.165, 1.54) is 11.1 Å². The summed E-state index contributed by atoms with van der Waals surface area (Å²) in [5.74, 6) is -1.06. The molecule has 0 aromatic heterocycles. The van der Waals surface area contributed by atoms with Gasteiger partial charge in [-0.15, -0.1) is 0 Å². The molecule has 0 aliphatic rings. The molecule has 2 atom stereocenters. The van der Waals surface area contributed by atoms with Gasteiger partial charge in [0.2, 0.25) is 11.8 Å². The van der Waals surface area contributed by atoms with Crippen LogP contribution in [0.3, 0.4) is 0 Å². The normalized spacial score (nSPS) is 13.2. The van der Waals surface area contributed by atoms with E-state index in [-0.39, 0.29) is 36.6 Å². The van der Waals surface area contributed by atoms with Crippen LogP contribution in [0.25, 0.3) is 0 Å². The lowest BCUT2D eigenvalue weighted by Crippen LogP contribution is -2.27. The summed E-state index contributed by atoms with van der Waals surface area (Å²) >= 11 is 0. The maximum absolute atomic E-state index is 12.5. The molecule has 254 valence electrons. The molecule has 0 saturated heterocycles. The Hall–Kier alpha value is -4.21. The van der Waals surface area contributed by atoms with Gasteiger partial charge in [-0.05, 0) is 98.1 Å². The Morgan fingerprint density at radius 2 is 1.34 bits per heavy atom. The van der Waals surface area contributed by atoms with Gasteiger partial charge in [0.15, 0.2) is 0 Å². The van der Waals surface area contributed by atoms with E-state index in [2.05, 4.69) is 71.6 Å². The second-order valence-corrected chi connectivity index (χ2v) is 12.7. The van der Waals surface area contributed by atoms with Crippen molar-refractivity contribution >= 4 is 29.1 Å². The molecule has 0 spiro atoms. The van der Waals surface area contributed by atoms with Crippen LogP contribution in [0.2, 0.25) is 0 Å². The molecular weight excluding hydrogens is 588 g/mol. The smallest absolute Gasteiger partial charge is 0.255 e. The quantitative estimate of drug-likeness (QED) is 0.0692. The van der Waals surface area contributed by atoms with Gasteiger partial charge < -0.3 is 32.3 Å². The molecule has 3 aromatic carbocycles. The third-order valence-electron chi connectivity index (χ3n) is 7.66. The van der Waals surface area contributed by atoms with Gasteiger partial charge in [-0.25, -0.2) is 0 Å². The highest BCUT2D eigenvalue weighted by Crippen LogP contribution is 2.22. The number of nitrogens with one attached hydrogen (secondary N) is 5. The number of carbonyl (C=O) groups is 3. The molecule has 3 aromatic rings. The van der Waals surface area contributed by atoms with E-state index in [0.717, 1.165) is 51.0 Å². The second kappa shape index (κ2) is 20.1. The molecule has 2 unspecified atom stereocenters. The van der Waals surface area contributed by atoms with Crippen molar-refractivity contribution in [1.82, 2.24) is 21.3 Å². The van der Waals surface area contributed by atoms with Crippen molar-refractivity contribution in [2.45, 2.75) is 84.2 Å². The molecule has 47 heavy (non-hydrogen) atoms. The molecule has 7 N–H and O–H groups in total. The number of hydrogen-bond donors (Lipinski definition) is 6. The fourth-order valence-electron chi connectivity index (χ4n) is 4.74. The molecule has 0 saturated carbocycles. The van der Waals surface area contributed by atoms with E-state index < -0.39 is 18.7 Å². The van der Waals surface area contributed by atoms with E-state index in [4.69, 9.17) is 8.48 Å². The lowest BCUT2D eigenvalue weighted by atomic mass is 9.87. The summed E-state index contributed by atoms with van der Waals surface area (Å²) in [7, 11) is 0. The fourth-order valence-corrected chi connectivity index (χ4v) is 4.74. The summed E-state index contributed by atoms with van der Waals surface area (Å²) in [5.41, 5.74) is 10.9. The first-order valence-corrected chi connectivity index (χ1v) is 16.6. The van der Waals surface area contributed by atoms with E-state index in [1.807, 2.05) is 0 Å². The summed E-state index contributed by atoms with van der Waals surface area (Å²) in [5, 5.41) is 15.2. The minimum atomic E-state index is -1.31. The zero-order valence-corrected chi connectivity index (χ0v) is 28.2. The van der Waals surface area contributed by atoms with Crippen LogP contribution in [0.5, 0.6) is 0 Å². The van der Waals surface area contributed by atoms with Crippen LogP contribution in [0.4, 0.5) is 11.4 Å². The van der Waals surface area contributed by atoms with Gasteiger partial charge >= 0.3 is 0 Å². The van der Waals surface area contributed by atoms with Crippen LogP contribution in [-0.2, 0) is 28.1 Å². The maximum atomic E-state index is 12.5. The van der Waals surface area contributed by atoms with Crippen LogP contribution < -0.4 is 32.3 Å². The first kappa shape index (κ1) is 34.1. The zero-order chi connectivity index (χ0) is 35.6. The van der Waals surface area contributed by atoms with Crippen molar-refractivity contribution in [3.05, 3.63) is 95.1 Å². The van der Waals surface area contributed by atoms with Gasteiger partial charge in [0.25, 0.3) is 5.91 Å². The predicted octanol–water partition coefficient (Wildman–Crippen LogP) is 5.66. The Labute approximate surface area is 283 Å². The lowest BCUT2D eigenvalue weighted by molar-refractivity contribution is -0.123. The van der Waals surface area contributed by atoms with Crippen molar-refractivity contribution in [3.8, 4) is 0 Å². The largest absolute Gasteiger partial charge is 0.397 e. The number of nitrogen functional groups attached to an aromatic ring is 1. The van der Waals surface area contributed by atoms with E-state index >= 15 is 0 Å². The topological polar surface area (TPSA) is 137 Å². The van der Waals surface area contributed by atoms with Crippen LogP contribution in [0, 0.1) is 0 Å². The molecule has 0 radical (unpaired) electrons. The molecule has 0 heterocycles.